The molecule has 10 heteroatoms. The van der Waals surface area contributed by atoms with Crippen molar-refractivity contribution in [2.24, 2.45) is 0 Å². The summed E-state index contributed by atoms with van der Waals surface area (Å²) in [6, 6.07) is 3.50. The van der Waals surface area contributed by atoms with E-state index in [4.69, 9.17) is 6.57 Å². The second kappa shape index (κ2) is 6.35. The highest BCUT2D eigenvalue weighted by Gasteiger charge is 2.47. The van der Waals surface area contributed by atoms with Gasteiger partial charge in [0.25, 0.3) is 12.3 Å². The monoisotopic (exact) mass is 402 g/mol. The molecule has 1 aliphatic carbocycles. The third-order valence-corrected chi connectivity index (χ3v) is 5.65. The van der Waals surface area contributed by atoms with E-state index in [0.29, 0.717) is 0 Å². The highest BCUT2D eigenvalue weighted by atomic mass is 32.2. The van der Waals surface area contributed by atoms with Gasteiger partial charge in [-0.1, -0.05) is 6.07 Å². The van der Waals surface area contributed by atoms with Gasteiger partial charge in [0.05, 0.1) is 11.5 Å². The molecule has 0 amide bonds. The standard InChI is InChI=1S/C17H14F4N2O3S/c1-22-11-4-3-9(7-10(11)16(18)19)23-8-13(27(2,25)26)14-12(23)5-6-17(20,21)15(14)24/h3-4,7-8,15-16,24H,5-6H2,2H3/t15-/m0/s1. The number of hydrogen-bond acceptors (Lipinski definition) is 3. The lowest BCUT2D eigenvalue weighted by Gasteiger charge is -2.29. The maximum absolute atomic E-state index is 13.9. The number of aromatic nitrogens is 1. The van der Waals surface area contributed by atoms with Crippen LogP contribution >= 0.6 is 0 Å². The van der Waals surface area contributed by atoms with Crippen LogP contribution in [0.2, 0.25) is 0 Å². The zero-order chi connectivity index (χ0) is 20.1. The normalized spacial score (nSPS) is 19.0. The molecule has 1 aliphatic rings. The van der Waals surface area contributed by atoms with Crippen LogP contribution in [0, 0.1) is 6.57 Å². The minimum absolute atomic E-state index is 0.0984. The Bertz CT molecular complexity index is 1050. The first-order valence-corrected chi connectivity index (χ1v) is 9.66. The van der Waals surface area contributed by atoms with Crippen molar-refractivity contribution in [3.8, 4) is 5.69 Å². The molecule has 0 fully saturated rings. The molecule has 1 aromatic carbocycles. The Morgan fingerprint density at radius 3 is 2.59 bits per heavy atom. The molecule has 144 valence electrons. The Balaban J connectivity index is 2.28. The van der Waals surface area contributed by atoms with Crippen LogP contribution in [0.4, 0.5) is 23.2 Å². The molecule has 0 bridgehead atoms. The molecule has 0 spiro atoms. The Morgan fingerprint density at radius 1 is 1.37 bits per heavy atom. The van der Waals surface area contributed by atoms with Gasteiger partial charge < -0.3 is 9.67 Å². The first-order chi connectivity index (χ1) is 12.5. The number of rotatable bonds is 3. The van der Waals surface area contributed by atoms with Crippen LogP contribution < -0.4 is 0 Å². The second-order valence-electron chi connectivity index (χ2n) is 6.32. The number of aliphatic hydroxyl groups is 1. The summed E-state index contributed by atoms with van der Waals surface area (Å²) in [4.78, 5) is 2.54. The summed E-state index contributed by atoms with van der Waals surface area (Å²) < 4.78 is 79.6. The molecule has 0 aliphatic heterocycles. The predicted molar refractivity (Wildman–Crippen MR) is 88.3 cm³/mol. The van der Waals surface area contributed by atoms with Crippen LogP contribution in [0.3, 0.4) is 0 Å². The van der Waals surface area contributed by atoms with Crippen molar-refractivity contribution in [1.82, 2.24) is 4.57 Å². The number of fused-ring (bicyclic) bond motifs is 1. The Labute approximate surface area is 152 Å². The maximum Gasteiger partial charge on any atom is 0.278 e. The van der Waals surface area contributed by atoms with Crippen LogP contribution in [0.25, 0.3) is 10.5 Å². The predicted octanol–water partition coefficient (Wildman–Crippen LogP) is 3.98. The van der Waals surface area contributed by atoms with Crippen LogP contribution in [-0.2, 0) is 16.3 Å². The average molecular weight is 402 g/mol. The van der Waals surface area contributed by atoms with Crippen molar-refractivity contribution in [2.45, 2.75) is 36.2 Å². The summed E-state index contributed by atoms with van der Waals surface area (Å²) in [5.41, 5.74) is -1.01. The molecule has 5 nitrogen and oxygen atoms in total. The van der Waals surface area contributed by atoms with Gasteiger partial charge in [0.2, 0.25) is 0 Å². The minimum atomic E-state index is -3.96. The second-order valence-corrected chi connectivity index (χ2v) is 8.30. The molecule has 0 radical (unpaired) electrons. The summed E-state index contributed by atoms with van der Waals surface area (Å²) in [7, 11) is -3.96. The summed E-state index contributed by atoms with van der Waals surface area (Å²) in [5.74, 6) is -3.50. The fraction of sp³-hybridized carbons (Fsp3) is 0.353. The van der Waals surface area contributed by atoms with E-state index in [1.165, 1.54) is 10.6 Å². The minimum Gasteiger partial charge on any atom is -0.382 e. The van der Waals surface area contributed by atoms with Gasteiger partial charge in [-0.2, -0.15) is 0 Å². The van der Waals surface area contributed by atoms with Crippen molar-refractivity contribution < 1.29 is 31.1 Å². The number of aliphatic hydroxyl groups excluding tert-OH is 1. The van der Waals surface area contributed by atoms with Crippen LogP contribution in [0.15, 0.2) is 29.3 Å². The van der Waals surface area contributed by atoms with Gasteiger partial charge >= 0.3 is 0 Å². The van der Waals surface area contributed by atoms with Crippen molar-refractivity contribution in [3.05, 3.63) is 52.6 Å². The van der Waals surface area contributed by atoms with Gasteiger partial charge in [0, 0.05) is 41.4 Å². The van der Waals surface area contributed by atoms with Crippen molar-refractivity contribution in [3.63, 3.8) is 0 Å². The molecule has 0 saturated carbocycles. The molecular formula is C17H14F4N2O3S. The van der Waals surface area contributed by atoms with E-state index in [0.717, 1.165) is 24.6 Å². The molecule has 3 rings (SSSR count). The number of halogens is 4. The molecule has 1 heterocycles. The topological polar surface area (TPSA) is 63.7 Å². The molecule has 2 aromatic rings. The number of nitrogens with zero attached hydrogens (tertiary/aromatic N) is 2. The largest absolute Gasteiger partial charge is 0.382 e. The Kier molecular flexibility index (Phi) is 4.56. The van der Waals surface area contributed by atoms with E-state index in [2.05, 4.69) is 4.85 Å². The molecule has 0 unspecified atom stereocenters. The van der Waals surface area contributed by atoms with E-state index in [-0.39, 0.29) is 23.5 Å². The van der Waals surface area contributed by atoms with Gasteiger partial charge in [0.1, 0.15) is 6.10 Å². The van der Waals surface area contributed by atoms with E-state index in [9.17, 15) is 31.1 Å². The van der Waals surface area contributed by atoms with Gasteiger partial charge in [-0.25, -0.2) is 30.8 Å². The van der Waals surface area contributed by atoms with Crippen LogP contribution in [0.1, 0.15) is 35.8 Å². The zero-order valence-electron chi connectivity index (χ0n) is 14.0. The first kappa shape index (κ1) is 19.4. The van der Waals surface area contributed by atoms with E-state index in [1.54, 1.807) is 0 Å². The summed E-state index contributed by atoms with van der Waals surface area (Å²) in [6.07, 6.45) is -4.35. The SMILES string of the molecule is [C-]#[N+]c1ccc(-n2cc(S(C)(=O)=O)c3c2CCC(F)(F)[C@H]3O)cc1C(F)F. The van der Waals surface area contributed by atoms with Gasteiger partial charge in [-0.05, 0) is 18.6 Å². The fourth-order valence-electron chi connectivity index (χ4n) is 3.21. The number of alkyl halides is 4. The third kappa shape index (κ3) is 3.21. The van der Waals surface area contributed by atoms with Crippen molar-refractivity contribution in [2.75, 3.05) is 6.26 Å². The van der Waals surface area contributed by atoms with Gasteiger partial charge in [-0.15, -0.1) is 0 Å². The quantitative estimate of drug-likeness (QED) is 0.624. The average Bonchev–Trinajstić information content (AvgIpc) is 2.98. The lowest BCUT2D eigenvalue weighted by molar-refractivity contribution is -0.123. The zero-order valence-corrected chi connectivity index (χ0v) is 14.8. The van der Waals surface area contributed by atoms with Crippen molar-refractivity contribution >= 4 is 15.5 Å². The Hall–Kier alpha value is -2.38. The highest BCUT2D eigenvalue weighted by molar-refractivity contribution is 7.90. The first-order valence-electron chi connectivity index (χ1n) is 7.77. The number of benzene rings is 1. The molecule has 1 aromatic heterocycles. The lowest BCUT2D eigenvalue weighted by Crippen LogP contribution is -2.32. The van der Waals surface area contributed by atoms with Crippen LogP contribution in [-0.4, -0.2) is 30.3 Å². The molecule has 1 N–H and O–H groups in total. The summed E-state index contributed by atoms with van der Waals surface area (Å²) in [5, 5.41) is 10.0. The van der Waals surface area contributed by atoms with Gasteiger partial charge in [0.15, 0.2) is 15.5 Å². The molecule has 0 saturated heterocycles. The van der Waals surface area contributed by atoms with E-state index in [1.807, 2.05) is 0 Å². The molecule has 27 heavy (non-hydrogen) atoms. The van der Waals surface area contributed by atoms with E-state index < -0.39 is 50.7 Å². The fourth-order valence-corrected chi connectivity index (χ4v) is 4.14. The third-order valence-electron chi connectivity index (χ3n) is 4.53. The van der Waals surface area contributed by atoms with Crippen LogP contribution in [0.5, 0.6) is 0 Å². The van der Waals surface area contributed by atoms with E-state index >= 15 is 0 Å². The highest BCUT2D eigenvalue weighted by Crippen LogP contribution is 2.45. The van der Waals surface area contributed by atoms with Gasteiger partial charge in [-0.3, -0.25) is 0 Å². The maximum atomic E-state index is 13.9. The van der Waals surface area contributed by atoms with Crippen molar-refractivity contribution in [1.29, 1.82) is 0 Å². The molecule has 1 atom stereocenters. The summed E-state index contributed by atoms with van der Waals surface area (Å²) >= 11 is 0. The smallest absolute Gasteiger partial charge is 0.278 e. The molecular weight excluding hydrogens is 388 g/mol. The lowest BCUT2D eigenvalue weighted by atomic mass is 9.91. The number of sulfone groups is 1. The number of hydrogen-bond donors (Lipinski definition) is 1. The Morgan fingerprint density at radius 2 is 2.04 bits per heavy atom. The summed E-state index contributed by atoms with van der Waals surface area (Å²) in [6.45, 7) is 6.95.